The summed E-state index contributed by atoms with van der Waals surface area (Å²) in [5, 5.41) is 0. The Hall–Kier alpha value is -3.82. The molecule has 1 N–H and O–H groups in total. The van der Waals surface area contributed by atoms with Crippen molar-refractivity contribution in [2.24, 2.45) is 0 Å². The van der Waals surface area contributed by atoms with E-state index in [1.807, 2.05) is 26.0 Å². The highest BCUT2D eigenvalue weighted by atomic mass is 19.3. The summed E-state index contributed by atoms with van der Waals surface area (Å²) in [4.78, 5) is 33.7. The van der Waals surface area contributed by atoms with Gasteiger partial charge >= 0.3 is 0 Å². The summed E-state index contributed by atoms with van der Waals surface area (Å²) in [7, 11) is 0. The number of alkyl halides is 2. The van der Waals surface area contributed by atoms with Gasteiger partial charge in [0.2, 0.25) is 0 Å². The number of aromatic nitrogens is 5. The van der Waals surface area contributed by atoms with Crippen molar-refractivity contribution in [2.45, 2.75) is 57.8 Å². The molecule has 0 atom stereocenters. The number of para-hydroxylation sites is 1. The Balaban J connectivity index is 0.000000204. The molecule has 1 aliphatic carbocycles. The van der Waals surface area contributed by atoms with E-state index >= 15 is 0 Å². The lowest BCUT2D eigenvalue weighted by Gasteiger charge is -2.34. The fraction of sp³-hybridized carbons (Fsp3) is 0.393. The average molecular weight is 523 g/mol. The van der Waals surface area contributed by atoms with Crippen LogP contribution in [-0.4, -0.2) is 38.0 Å². The van der Waals surface area contributed by atoms with Gasteiger partial charge in [-0.15, -0.1) is 0 Å². The van der Waals surface area contributed by atoms with Crippen LogP contribution in [0.4, 0.5) is 18.9 Å². The van der Waals surface area contributed by atoms with Crippen LogP contribution in [0.3, 0.4) is 0 Å². The predicted octanol–water partition coefficient (Wildman–Crippen LogP) is 5.36. The molecule has 2 aliphatic rings. The topological polar surface area (TPSA) is 87.7 Å². The molecule has 4 aromatic rings. The molecule has 1 saturated heterocycles. The van der Waals surface area contributed by atoms with Crippen LogP contribution < -0.4 is 10.5 Å². The van der Waals surface area contributed by atoms with E-state index < -0.39 is 5.92 Å². The molecule has 7 nitrogen and oxygen atoms in total. The van der Waals surface area contributed by atoms with E-state index in [0.29, 0.717) is 35.4 Å². The maximum absolute atomic E-state index is 14.2. The summed E-state index contributed by atoms with van der Waals surface area (Å²) < 4.78 is 40.4. The van der Waals surface area contributed by atoms with Crippen LogP contribution in [0, 0.1) is 19.7 Å². The molecule has 1 aromatic carbocycles. The summed E-state index contributed by atoms with van der Waals surface area (Å²) in [6.45, 7) is 5.23. The highest BCUT2D eigenvalue weighted by Gasteiger charge is 2.38. The number of pyridine rings is 1. The number of hydrogen-bond acceptors (Lipinski definition) is 6. The number of halogens is 3. The van der Waals surface area contributed by atoms with Crippen molar-refractivity contribution in [3.63, 3.8) is 0 Å². The number of H-pyrrole nitrogens is 1. The molecule has 0 amide bonds. The molecule has 198 valence electrons. The largest absolute Gasteiger partial charge is 0.369 e. The molecule has 4 heterocycles. The molecular weight excluding hydrogens is 493 g/mol. The SMILES string of the molecule is Cc1cnc2cc(C3CCN(c4c(C)cccc4F)CC3)c(=O)[nH]c2n1.FC1(F)CCCc2nccnc21. The van der Waals surface area contributed by atoms with Gasteiger partial charge in [0.25, 0.3) is 11.5 Å². The van der Waals surface area contributed by atoms with Crippen molar-refractivity contribution in [2.75, 3.05) is 18.0 Å². The molecular formula is C28H29F3N6O. The Bertz CT molecular complexity index is 1490. The maximum atomic E-state index is 14.2. The van der Waals surface area contributed by atoms with Gasteiger partial charge in [-0.05, 0) is 63.1 Å². The highest BCUT2D eigenvalue weighted by Crippen LogP contribution is 2.37. The Morgan fingerprint density at radius 2 is 1.84 bits per heavy atom. The number of aromatic amines is 1. The number of nitrogens with zero attached hydrogens (tertiary/aromatic N) is 5. The van der Waals surface area contributed by atoms with Crippen LogP contribution in [0.1, 0.15) is 59.8 Å². The second-order valence-corrected chi connectivity index (χ2v) is 9.88. The van der Waals surface area contributed by atoms with Gasteiger partial charge in [-0.25, -0.2) is 9.37 Å². The van der Waals surface area contributed by atoms with Crippen molar-refractivity contribution in [1.82, 2.24) is 24.9 Å². The molecule has 3 aromatic heterocycles. The normalized spacial score (nSPS) is 17.0. The summed E-state index contributed by atoms with van der Waals surface area (Å²) in [5.74, 6) is -2.80. The quantitative estimate of drug-likeness (QED) is 0.381. The summed E-state index contributed by atoms with van der Waals surface area (Å²) in [6, 6.07) is 7.02. The minimum atomic E-state index is -2.76. The minimum absolute atomic E-state index is 0.0985. The third-order valence-electron chi connectivity index (χ3n) is 7.17. The molecule has 1 aliphatic heterocycles. The molecule has 0 spiro atoms. The van der Waals surface area contributed by atoms with Gasteiger partial charge < -0.3 is 9.88 Å². The summed E-state index contributed by atoms with van der Waals surface area (Å²) >= 11 is 0. The molecule has 6 rings (SSSR count). The summed E-state index contributed by atoms with van der Waals surface area (Å²) in [6.07, 6.45) is 7.12. The van der Waals surface area contributed by atoms with Crippen LogP contribution >= 0.6 is 0 Å². The zero-order valence-electron chi connectivity index (χ0n) is 21.3. The molecule has 0 bridgehead atoms. The standard InChI is InChI=1S/C20H21FN4O.C8H8F2N2/c1-12-4-3-5-16(21)18(12)25-8-6-14(7-9-25)15-10-17-19(24-20(15)26)23-13(2)11-22-17;9-8(10)3-1-2-6-7(8)12-5-4-11-6/h3-5,10-11,14H,6-9H2,1-2H3,(H,23,24,26);4-5H,1-3H2. The number of fused-ring (bicyclic) bond motifs is 2. The first-order valence-electron chi connectivity index (χ1n) is 12.8. The van der Waals surface area contributed by atoms with Crippen molar-refractivity contribution in [3.05, 3.63) is 87.2 Å². The smallest absolute Gasteiger partial charge is 0.291 e. The van der Waals surface area contributed by atoms with Crippen LogP contribution in [0.2, 0.25) is 0 Å². The minimum Gasteiger partial charge on any atom is -0.369 e. The van der Waals surface area contributed by atoms with Gasteiger partial charge in [0, 0.05) is 43.7 Å². The summed E-state index contributed by atoms with van der Waals surface area (Å²) in [5.41, 5.74) is 4.60. The number of aryl methyl sites for hydroxylation is 3. The fourth-order valence-electron chi connectivity index (χ4n) is 5.27. The van der Waals surface area contributed by atoms with Crippen molar-refractivity contribution < 1.29 is 13.2 Å². The van der Waals surface area contributed by atoms with Gasteiger partial charge in [0.1, 0.15) is 17.0 Å². The second-order valence-electron chi connectivity index (χ2n) is 9.88. The molecule has 0 unspecified atom stereocenters. The van der Waals surface area contributed by atoms with E-state index in [1.54, 1.807) is 12.3 Å². The van der Waals surface area contributed by atoms with E-state index in [9.17, 15) is 18.0 Å². The molecule has 0 radical (unpaired) electrons. The van der Waals surface area contributed by atoms with Crippen molar-refractivity contribution >= 4 is 16.9 Å². The lowest BCUT2D eigenvalue weighted by molar-refractivity contribution is -0.0270. The molecule has 0 saturated carbocycles. The van der Waals surface area contributed by atoms with E-state index in [2.05, 4.69) is 29.8 Å². The molecule has 1 fully saturated rings. The lowest BCUT2D eigenvalue weighted by atomic mass is 9.89. The van der Waals surface area contributed by atoms with Crippen LogP contribution in [0.25, 0.3) is 11.2 Å². The first kappa shape index (κ1) is 25.8. The van der Waals surface area contributed by atoms with Crippen LogP contribution in [0.15, 0.2) is 47.7 Å². The molecule has 10 heteroatoms. The Morgan fingerprint density at radius 3 is 2.58 bits per heavy atom. The predicted molar refractivity (Wildman–Crippen MR) is 139 cm³/mol. The number of nitrogens with one attached hydrogen (secondary N) is 1. The number of rotatable bonds is 2. The van der Waals surface area contributed by atoms with Gasteiger partial charge in [0.05, 0.1) is 17.1 Å². The highest BCUT2D eigenvalue weighted by molar-refractivity contribution is 5.70. The lowest BCUT2D eigenvalue weighted by Crippen LogP contribution is -2.35. The molecule has 38 heavy (non-hydrogen) atoms. The zero-order chi connectivity index (χ0) is 26.9. The second kappa shape index (κ2) is 10.5. The number of hydrogen-bond donors (Lipinski definition) is 1. The Labute approximate surface area is 218 Å². The van der Waals surface area contributed by atoms with E-state index in [0.717, 1.165) is 42.8 Å². The van der Waals surface area contributed by atoms with E-state index in [-0.39, 0.29) is 29.4 Å². The van der Waals surface area contributed by atoms with E-state index in [1.165, 1.54) is 18.5 Å². The average Bonchev–Trinajstić information content (AvgIpc) is 2.89. The first-order valence-corrected chi connectivity index (χ1v) is 12.8. The maximum Gasteiger partial charge on any atom is 0.291 e. The first-order chi connectivity index (χ1) is 18.2. The Kier molecular flexibility index (Phi) is 7.14. The fourth-order valence-corrected chi connectivity index (χ4v) is 5.27. The van der Waals surface area contributed by atoms with Crippen molar-refractivity contribution in [1.29, 1.82) is 0 Å². The Morgan fingerprint density at radius 1 is 1.08 bits per heavy atom. The van der Waals surface area contributed by atoms with Gasteiger partial charge in [0.15, 0.2) is 5.65 Å². The monoisotopic (exact) mass is 522 g/mol. The van der Waals surface area contributed by atoms with E-state index in [4.69, 9.17) is 0 Å². The van der Waals surface area contributed by atoms with Crippen molar-refractivity contribution in [3.8, 4) is 0 Å². The third-order valence-corrected chi connectivity index (χ3v) is 7.17. The van der Waals surface area contributed by atoms with Gasteiger partial charge in [-0.2, -0.15) is 8.78 Å². The number of benzene rings is 1. The number of anilines is 1. The van der Waals surface area contributed by atoms with Crippen LogP contribution in [0.5, 0.6) is 0 Å². The number of piperidine rings is 1. The van der Waals surface area contributed by atoms with Gasteiger partial charge in [-0.1, -0.05) is 12.1 Å². The zero-order valence-corrected chi connectivity index (χ0v) is 21.3. The third kappa shape index (κ3) is 5.25. The van der Waals surface area contributed by atoms with Crippen LogP contribution in [-0.2, 0) is 12.3 Å². The van der Waals surface area contributed by atoms with Gasteiger partial charge in [-0.3, -0.25) is 19.7 Å².